The van der Waals surface area contributed by atoms with E-state index in [1.54, 1.807) is 0 Å². The van der Waals surface area contributed by atoms with E-state index in [1.807, 2.05) is 12.3 Å². The Hall–Kier alpha value is -0.760. The zero-order valence-electron chi connectivity index (χ0n) is 8.35. The van der Waals surface area contributed by atoms with Crippen LogP contribution in [-0.2, 0) is 0 Å². The highest BCUT2D eigenvalue weighted by atomic mass is 35.5. The van der Waals surface area contributed by atoms with Gasteiger partial charge in [-0.3, -0.25) is 0 Å². The van der Waals surface area contributed by atoms with E-state index in [0.29, 0.717) is 0 Å². The van der Waals surface area contributed by atoms with Gasteiger partial charge in [-0.05, 0) is 25.0 Å². The molecule has 0 N–H and O–H groups in total. The first-order valence-electron chi connectivity index (χ1n) is 5.13. The maximum atomic E-state index is 4.37. The van der Waals surface area contributed by atoms with Gasteiger partial charge in [0.15, 0.2) is 0 Å². The first kappa shape index (κ1) is 11.3. The molecule has 0 atom stereocenters. The summed E-state index contributed by atoms with van der Waals surface area (Å²) < 4.78 is 0. The van der Waals surface area contributed by atoms with E-state index in [2.05, 4.69) is 22.0 Å². The maximum absolute atomic E-state index is 4.37. The van der Waals surface area contributed by atoms with Crippen molar-refractivity contribution in [3.8, 4) is 0 Å². The van der Waals surface area contributed by atoms with Crippen LogP contribution in [0.4, 0.5) is 5.82 Å². The number of halogens is 1. The van der Waals surface area contributed by atoms with E-state index in [9.17, 15) is 0 Å². The second kappa shape index (κ2) is 5.86. The zero-order valence-corrected chi connectivity index (χ0v) is 9.17. The monoisotopic (exact) mass is 212 g/mol. The van der Waals surface area contributed by atoms with Crippen molar-refractivity contribution in [2.45, 2.75) is 25.7 Å². The molecular formula is C11H17ClN2. The first-order valence-corrected chi connectivity index (χ1v) is 5.13. The molecule has 1 aliphatic rings. The molecular weight excluding hydrogens is 196 g/mol. The summed E-state index contributed by atoms with van der Waals surface area (Å²) in [6, 6.07) is 6.14. The SMILES string of the molecule is Cl.c1ccc(N2CCCCCC2)nc1. The lowest BCUT2D eigenvalue weighted by Gasteiger charge is -2.20. The predicted octanol–water partition coefficient (Wildman–Crippen LogP) is 2.88. The van der Waals surface area contributed by atoms with Crippen LogP contribution in [0.2, 0.25) is 0 Å². The van der Waals surface area contributed by atoms with E-state index in [-0.39, 0.29) is 12.4 Å². The molecule has 0 radical (unpaired) electrons. The van der Waals surface area contributed by atoms with Gasteiger partial charge < -0.3 is 4.90 Å². The molecule has 3 heteroatoms. The number of hydrogen-bond donors (Lipinski definition) is 0. The lowest BCUT2D eigenvalue weighted by atomic mass is 10.2. The summed E-state index contributed by atoms with van der Waals surface area (Å²) in [4.78, 5) is 6.77. The van der Waals surface area contributed by atoms with Crippen molar-refractivity contribution < 1.29 is 0 Å². The molecule has 0 bridgehead atoms. The Bertz CT molecular complexity index is 243. The van der Waals surface area contributed by atoms with Crippen molar-refractivity contribution in [1.29, 1.82) is 0 Å². The minimum atomic E-state index is 0. The Balaban J connectivity index is 0.000000980. The fraction of sp³-hybridized carbons (Fsp3) is 0.545. The van der Waals surface area contributed by atoms with Gasteiger partial charge in [-0.25, -0.2) is 4.98 Å². The van der Waals surface area contributed by atoms with Crippen LogP contribution in [-0.4, -0.2) is 18.1 Å². The van der Waals surface area contributed by atoms with Gasteiger partial charge in [-0.15, -0.1) is 12.4 Å². The van der Waals surface area contributed by atoms with Crippen LogP contribution in [0.1, 0.15) is 25.7 Å². The number of pyridine rings is 1. The molecule has 0 aliphatic carbocycles. The largest absolute Gasteiger partial charge is 0.357 e. The summed E-state index contributed by atoms with van der Waals surface area (Å²) in [6.07, 6.45) is 7.26. The third kappa shape index (κ3) is 2.88. The molecule has 1 fully saturated rings. The summed E-state index contributed by atoms with van der Waals surface area (Å²) in [5, 5.41) is 0. The highest BCUT2D eigenvalue weighted by Crippen LogP contribution is 2.15. The summed E-state index contributed by atoms with van der Waals surface area (Å²) in [5.74, 6) is 1.14. The summed E-state index contributed by atoms with van der Waals surface area (Å²) >= 11 is 0. The fourth-order valence-corrected chi connectivity index (χ4v) is 1.84. The quantitative estimate of drug-likeness (QED) is 0.712. The molecule has 1 aromatic heterocycles. The third-order valence-corrected chi connectivity index (χ3v) is 2.58. The Morgan fingerprint density at radius 3 is 2.29 bits per heavy atom. The molecule has 1 aromatic rings. The van der Waals surface area contributed by atoms with Gasteiger partial charge in [0.05, 0.1) is 0 Å². The van der Waals surface area contributed by atoms with E-state index >= 15 is 0 Å². The van der Waals surface area contributed by atoms with Crippen LogP contribution < -0.4 is 4.90 Å². The number of anilines is 1. The topological polar surface area (TPSA) is 16.1 Å². The van der Waals surface area contributed by atoms with E-state index < -0.39 is 0 Å². The van der Waals surface area contributed by atoms with Gasteiger partial charge in [-0.1, -0.05) is 18.9 Å². The van der Waals surface area contributed by atoms with Crippen molar-refractivity contribution in [3.63, 3.8) is 0 Å². The average molecular weight is 213 g/mol. The molecule has 0 spiro atoms. The Kier molecular flexibility index (Phi) is 4.74. The second-order valence-corrected chi connectivity index (χ2v) is 3.59. The smallest absolute Gasteiger partial charge is 0.128 e. The van der Waals surface area contributed by atoms with Gasteiger partial charge in [0, 0.05) is 19.3 Å². The normalized spacial score (nSPS) is 17.0. The first-order chi connectivity index (χ1) is 6.47. The molecule has 1 saturated heterocycles. The van der Waals surface area contributed by atoms with Crippen LogP contribution in [0, 0.1) is 0 Å². The lowest BCUT2D eigenvalue weighted by molar-refractivity contribution is 0.726. The van der Waals surface area contributed by atoms with E-state index in [0.717, 1.165) is 5.82 Å². The van der Waals surface area contributed by atoms with Crippen molar-refractivity contribution in [2.24, 2.45) is 0 Å². The van der Waals surface area contributed by atoms with E-state index in [1.165, 1.54) is 38.8 Å². The van der Waals surface area contributed by atoms with Crippen LogP contribution >= 0.6 is 12.4 Å². The van der Waals surface area contributed by atoms with Crippen molar-refractivity contribution in [3.05, 3.63) is 24.4 Å². The molecule has 78 valence electrons. The molecule has 0 aromatic carbocycles. The van der Waals surface area contributed by atoms with Crippen molar-refractivity contribution >= 4 is 18.2 Å². The molecule has 14 heavy (non-hydrogen) atoms. The van der Waals surface area contributed by atoms with Gasteiger partial charge in [0.1, 0.15) is 5.82 Å². The van der Waals surface area contributed by atoms with Gasteiger partial charge in [-0.2, -0.15) is 0 Å². The fourth-order valence-electron chi connectivity index (χ4n) is 1.84. The molecule has 2 nitrogen and oxygen atoms in total. The van der Waals surface area contributed by atoms with Crippen LogP contribution in [0.25, 0.3) is 0 Å². The number of aromatic nitrogens is 1. The Morgan fingerprint density at radius 1 is 1.00 bits per heavy atom. The van der Waals surface area contributed by atoms with Crippen molar-refractivity contribution in [2.75, 3.05) is 18.0 Å². The molecule has 1 aliphatic heterocycles. The zero-order chi connectivity index (χ0) is 8.93. The minimum absolute atomic E-state index is 0. The van der Waals surface area contributed by atoms with Crippen molar-refractivity contribution in [1.82, 2.24) is 4.98 Å². The lowest BCUT2D eigenvalue weighted by Crippen LogP contribution is -2.24. The molecule has 0 unspecified atom stereocenters. The average Bonchev–Trinajstić information content (AvgIpc) is 2.47. The summed E-state index contributed by atoms with van der Waals surface area (Å²) in [5.41, 5.74) is 0. The van der Waals surface area contributed by atoms with Gasteiger partial charge in [0.2, 0.25) is 0 Å². The molecule has 2 heterocycles. The molecule has 0 amide bonds. The standard InChI is InChI=1S/C11H16N2.ClH/c1-2-6-10-13(9-5-1)11-7-3-4-8-12-11;/h3-4,7-8H,1-2,5-6,9-10H2;1H. The number of hydrogen-bond acceptors (Lipinski definition) is 2. The maximum Gasteiger partial charge on any atom is 0.128 e. The van der Waals surface area contributed by atoms with Crippen LogP contribution in [0.15, 0.2) is 24.4 Å². The van der Waals surface area contributed by atoms with E-state index in [4.69, 9.17) is 0 Å². The summed E-state index contributed by atoms with van der Waals surface area (Å²) in [6.45, 7) is 2.36. The highest BCUT2D eigenvalue weighted by molar-refractivity contribution is 5.85. The minimum Gasteiger partial charge on any atom is -0.357 e. The molecule has 2 rings (SSSR count). The van der Waals surface area contributed by atoms with Crippen LogP contribution in [0.5, 0.6) is 0 Å². The number of rotatable bonds is 1. The van der Waals surface area contributed by atoms with Crippen LogP contribution in [0.3, 0.4) is 0 Å². The van der Waals surface area contributed by atoms with Gasteiger partial charge >= 0.3 is 0 Å². The summed E-state index contributed by atoms with van der Waals surface area (Å²) in [7, 11) is 0. The Morgan fingerprint density at radius 2 is 1.71 bits per heavy atom. The predicted molar refractivity (Wildman–Crippen MR) is 62.2 cm³/mol. The number of nitrogens with zero attached hydrogens (tertiary/aromatic N) is 2. The molecule has 0 saturated carbocycles. The third-order valence-electron chi connectivity index (χ3n) is 2.58. The highest BCUT2D eigenvalue weighted by Gasteiger charge is 2.09. The second-order valence-electron chi connectivity index (χ2n) is 3.59. The Labute approximate surface area is 91.7 Å². The van der Waals surface area contributed by atoms with Gasteiger partial charge in [0.25, 0.3) is 0 Å².